The van der Waals surface area contributed by atoms with Crippen LogP contribution in [0.15, 0.2) is 28.8 Å². The number of methoxy groups -OCH3 is 2. The van der Waals surface area contributed by atoms with Crippen LogP contribution in [0.4, 0.5) is 0 Å². The molecule has 1 aromatic carbocycles. The third-order valence-electron chi connectivity index (χ3n) is 3.55. The molecule has 0 saturated heterocycles. The topological polar surface area (TPSA) is 82.0 Å². The van der Waals surface area contributed by atoms with Crippen LogP contribution in [0.1, 0.15) is 5.56 Å². The number of aromatic nitrogens is 3. The molecule has 7 nitrogen and oxygen atoms in total. The van der Waals surface area contributed by atoms with Crippen LogP contribution in [0.5, 0.6) is 10.9 Å². The summed E-state index contributed by atoms with van der Waals surface area (Å²) in [5.41, 5.74) is 2.06. The van der Waals surface area contributed by atoms with E-state index in [2.05, 4.69) is 10.1 Å². The van der Waals surface area contributed by atoms with Gasteiger partial charge in [0.05, 0.1) is 27.0 Å². The van der Waals surface area contributed by atoms with Gasteiger partial charge in [-0.1, -0.05) is 0 Å². The third-order valence-corrected chi connectivity index (χ3v) is 4.44. The number of aliphatic hydroxyl groups is 1. The van der Waals surface area contributed by atoms with Crippen molar-refractivity contribution in [3.8, 4) is 22.4 Å². The average molecular weight is 331 g/mol. The molecule has 0 aliphatic carbocycles. The molecular weight excluding hydrogens is 318 g/mol. The summed E-state index contributed by atoms with van der Waals surface area (Å²) in [6.45, 7) is -0.0935. The molecule has 1 N–H and O–H groups in total. The normalized spacial score (nSPS) is 11.4. The van der Waals surface area contributed by atoms with Gasteiger partial charge in [0, 0.05) is 11.5 Å². The molecule has 0 radical (unpaired) electrons. The Kier molecular flexibility index (Phi) is 3.21. The number of furan rings is 1. The maximum atomic E-state index is 9.54. The summed E-state index contributed by atoms with van der Waals surface area (Å²) >= 11 is 1.35. The number of fused-ring (bicyclic) bond motifs is 2. The Morgan fingerprint density at radius 3 is 2.83 bits per heavy atom. The van der Waals surface area contributed by atoms with Crippen molar-refractivity contribution in [1.29, 1.82) is 0 Å². The minimum Gasteiger partial charge on any atom is -0.497 e. The zero-order valence-corrected chi connectivity index (χ0v) is 13.3. The van der Waals surface area contributed by atoms with Crippen LogP contribution in [0, 0.1) is 0 Å². The molecule has 4 aromatic rings. The molecular formula is C15H13N3O4S. The van der Waals surface area contributed by atoms with Gasteiger partial charge >= 0.3 is 0 Å². The predicted molar refractivity (Wildman–Crippen MR) is 85.1 cm³/mol. The number of benzene rings is 1. The molecule has 0 unspecified atom stereocenters. The van der Waals surface area contributed by atoms with Crippen LogP contribution in [-0.4, -0.2) is 33.9 Å². The maximum Gasteiger partial charge on any atom is 0.294 e. The largest absolute Gasteiger partial charge is 0.497 e. The van der Waals surface area contributed by atoms with E-state index in [9.17, 15) is 5.11 Å². The van der Waals surface area contributed by atoms with Gasteiger partial charge in [0.2, 0.25) is 4.96 Å². The van der Waals surface area contributed by atoms with E-state index in [1.807, 2.05) is 6.07 Å². The molecule has 0 bridgehead atoms. The summed E-state index contributed by atoms with van der Waals surface area (Å²) in [7, 11) is 3.15. The Bertz CT molecular complexity index is 970. The van der Waals surface area contributed by atoms with Crippen molar-refractivity contribution in [3.63, 3.8) is 0 Å². The smallest absolute Gasteiger partial charge is 0.294 e. The second kappa shape index (κ2) is 5.25. The van der Waals surface area contributed by atoms with Gasteiger partial charge in [-0.3, -0.25) is 0 Å². The van der Waals surface area contributed by atoms with E-state index in [1.165, 1.54) is 11.3 Å². The molecule has 0 aliphatic heterocycles. The summed E-state index contributed by atoms with van der Waals surface area (Å²) in [6.07, 6.45) is 1.78. The predicted octanol–water partition coefficient (Wildman–Crippen LogP) is 2.71. The summed E-state index contributed by atoms with van der Waals surface area (Å²) < 4.78 is 17.8. The number of hydrogen-bond donors (Lipinski definition) is 1. The molecule has 0 atom stereocenters. The van der Waals surface area contributed by atoms with Gasteiger partial charge < -0.3 is 19.0 Å². The monoisotopic (exact) mass is 331 g/mol. The highest BCUT2D eigenvalue weighted by atomic mass is 32.1. The number of nitrogens with zero attached hydrogens (tertiary/aromatic N) is 3. The first kappa shape index (κ1) is 14.0. The highest BCUT2D eigenvalue weighted by Gasteiger charge is 2.16. The second-order valence-corrected chi connectivity index (χ2v) is 5.81. The molecule has 3 aromatic heterocycles. The Hall–Kier alpha value is -2.58. The lowest BCUT2D eigenvalue weighted by atomic mass is 10.1. The number of imidazole rings is 1. The van der Waals surface area contributed by atoms with Crippen molar-refractivity contribution in [2.24, 2.45) is 0 Å². The number of aliphatic hydroxyl groups excluding tert-OH is 1. The van der Waals surface area contributed by atoms with Gasteiger partial charge in [-0.25, -0.2) is 9.50 Å². The van der Waals surface area contributed by atoms with Crippen LogP contribution in [0.2, 0.25) is 0 Å². The molecule has 4 rings (SSSR count). The van der Waals surface area contributed by atoms with Gasteiger partial charge in [0.1, 0.15) is 17.0 Å². The number of hydrogen-bond acceptors (Lipinski definition) is 7. The van der Waals surface area contributed by atoms with Crippen molar-refractivity contribution >= 4 is 27.3 Å². The van der Waals surface area contributed by atoms with Crippen molar-refractivity contribution in [3.05, 3.63) is 30.0 Å². The first-order chi connectivity index (χ1) is 11.2. The quantitative estimate of drug-likeness (QED) is 0.619. The standard InChI is InChI=1S/C15H13N3O4S/c1-20-9-3-8(7-19)10-5-13(22-12(10)4-9)11-6-18-14(16-11)23-15(17-18)21-2/h3-6,19H,7H2,1-2H3. The van der Waals surface area contributed by atoms with Crippen molar-refractivity contribution < 1.29 is 19.0 Å². The van der Waals surface area contributed by atoms with Crippen molar-refractivity contribution in [1.82, 2.24) is 14.6 Å². The second-order valence-electron chi connectivity index (χ2n) is 4.89. The summed E-state index contributed by atoms with van der Waals surface area (Å²) in [5.74, 6) is 1.25. The Morgan fingerprint density at radius 2 is 2.13 bits per heavy atom. The number of rotatable bonds is 4. The fourth-order valence-electron chi connectivity index (χ4n) is 2.44. The van der Waals surface area contributed by atoms with E-state index in [4.69, 9.17) is 13.9 Å². The molecule has 0 saturated carbocycles. The molecule has 23 heavy (non-hydrogen) atoms. The molecule has 8 heteroatoms. The van der Waals surface area contributed by atoms with E-state index in [1.54, 1.807) is 37.1 Å². The highest BCUT2D eigenvalue weighted by molar-refractivity contribution is 7.18. The van der Waals surface area contributed by atoms with Crippen LogP contribution in [0.3, 0.4) is 0 Å². The van der Waals surface area contributed by atoms with Crippen LogP contribution in [0.25, 0.3) is 27.4 Å². The van der Waals surface area contributed by atoms with E-state index >= 15 is 0 Å². The minimum absolute atomic E-state index is 0.0935. The van der Waals surface area contributed by atoms with Gasteiger partial charge in [-0.15, -0.1) is 5.10 Å². The molecule has 0 amide bonds. The van der Waals surface area contributed by atoms with Gasteiger partial charge in [-0.2, -0.15) is 0 Å². The molecule has 0 aliphatic rings. The molecule has 118 valence electrons. The van der Waals surface area contributed by atoms with Crippen LogP contribution < -0.4 is 9.47 Å². The Labute approximate surface area is 134 Å². The minimum atomic E-state index is -0.0935. The molecule has 0 fully saturated rings. The SMILES string of the molecule is COc1cc(CO)c2cc(-c3cn4nc(OC)sc4n3)oc2c1. The first-order valence-electron chi connectivity index (χ1n) is 6.83. The lowest BCUT2D eigenvalue weighted by Gasteiger charge is -2.02. The van der Waals surface area contributed by atoms with Crippen molar-refractivity contribution in [2.75, 3.05) is 14.2 Å². The van der Waals surface area contributed by atoms with Crippen molar-refractivity contribution in [2.45, 2.75) is 6.61 Å². The fraction of sp³-hybridized carbons (Fsp3) is 0.200. The zero-order chi connectivity index (χ0) is 16.0. The van der Waals surface area contributed by atoms with E-state index < -0.39 is 0 Å². The zero-order valence-electron chi connectivity index (χ0n) is 12.4. The van der Waals surface area contributed by atoms with E-state index in [-0.39, 0.29) is 6.61 Å². The van der Waals surface area contributed by atoms with E-state index in [0.717, 1.165) is 15.9 Å². The van der Waals surface area contributed by atoms with Crippen LogP contribution in [-0.2, 0) is 6.61 Å². The lowest BCUT2D eigenvalue weighted by molar-refractivity contribution is 0.282. The summed E-state index contributed by atoms with van der Waals surface area (Å²) in [4.78, 5) is 5.22. The van der Waals surface area contributed by atoms with E-state index in [0.29, 0.717) is 28.0 Å². The lowest BCUT2D eigenvalue weighted by Crippen LogP contribution is -1.87. The first-order valence-corrected chi connectivity index (χ1v) is 7.65. The highest BCUT2D eigenvalue weighted by Crippen LogP contribution is 2.33. The van der Waals surface area contributed by atoms with Gasteiger partial charge in [0.25, 0.3) is 5.19 Å². The summed E-state index contributed by atoms with van der Waals surface area (Å²) in [6, 6.07) is 5.45. The average Bonchev–Trinajstić information content (AvgIpc) is 3.24. The van der Waals surface area contributed by atoms with Gasteiger partial charge in [-0.05, 0) is 29.0 Å². The Balaban J connectivity index is 1.84. The fourth-order valence-corrected chi connectivity index (χ4v) is 3.14. The molecule has 0 spiro atoms. The Morgan fingerprint density at radius 1 is 1.26 bits per heavy atom. The van der Waals surface area contributed by atoms with Crippen LogP contribution >= 0.6 is 11.3 Å². The molecule has 3 heterocycles. The summed E-state index contributed by atoms with van der Waals surface area (Å²) in [5, 5.41) is 15.2. The number of ether oxygens (including phenoxy) is 2. The maximum absolute atomic E-state index is 9.54. The third kappa shape index (κ3) is 2.23. The van der Waals surface area contributed by atoms with Gasteiger partial charge in [0.15, 0.2) is 5.76 Å².